The van der Waals surface area contributed by atoms with Crippen molar-refractivity contribution in [1.82, 2.24) is 14.7 Å². The highest BCUT2D eigenvalue weighted by atomic mass is 19.4. The number of carbonyl (C=O) groups is 1. The third kappa shape index (κ3) is 13.6. The van der Waals surface area contributed by atoms with E-state index in [0.717, 1.165) is 50.0 Å². The number of hydrogen-bond acceptors (Lipinski definition) is 5. The zero-order valence-electron chi connectivity index (χ0n) is 25.2. The van der Waals surface area contributed by atoms with Crippen LogP contribution in [0.15, 0.2) is 48.5 Å². The molecule has 2 aromatic rings. The number of rotatable bonds is 12. The molecule has 0 spiro atoms. The van der Waals surface area contributed by atoms with Gasteiger partial charge in [0, 0.05) is 45.2 Å². The fourth-order valence-corrected chi connectivity index (χ4v) is 4.62. The molecule has 3 rings (SSSR count). The lowest BCUT2D eigenvalue weighted by Crippen LogP contribution is -2.48. The second kappa shape index (κ2) is 16.9. The zero-order valence-corrected chi connectivity index (χ0v) is 25.2. The first-order valence-corrected chi connectivity index (χ1v) is 14.4. The Bertz CT molecular complexity index is 1080. The normalized spacial score (nSPS) is 15.7. The van der Waals surface area contributed by atoms with Crippen molar-refractivity contribution in [3.63, 3.8) is 0 Å². The SMILES string of the molecule is CC(C)N1CCN(CCCCc2ccc(C(CCN(C)C)Oc3ccc(C(F)(F)F)cc3)cc2)CC1.O=C(O)C(F)(F)F. The standard InChI is InChI=1S/C29H42F3N3O.C2HF3O2/c1-23(2)35-21-19-34(20-22-35)17-6-5-7-24-8-10-25(11-9-24)28(16-18-33(3)4)36-27-14-12-26(13-15-27)29(30,31)32;3-2(4,5)1(6)7/h8-15,23,28H,5-7,16-22H2,1-4H3;(H,6,7). The van der Waals surface area contributed by atoms with Crippen LogP contribution < -0.4 is 4.74 Å². The molecule has 6 nitrogen and oxygen atoms in total. The number of aliphatic carboxylic acids is 1. The van der Waals surface area contributed by atoms with Crippen molar-refractivity contribution < 1.29 is 41.0 Å². The Kier molecular flexibility index (Phi) is 14.3. The summed E-state index contributed by atoms with van der Waals surface area (Å²) >= 11 is 0. The van der Waals surface area contributed by atoms with Crippen molar-refractivity contribution in [2.75, 3.05) is 53.4 Å². The van der Waals surface area contributed by atoms with Crippen LogP contribution in [0, 0.1) is 0 Å². The molecule has 0 bridgehead atoms. The summed E-state index contributed by atoms with van der Waals surface area (Å²) < 4.78 is 76.6. The van der Waals surface area contributed by atoms with Crippen molar-refractivity contribution in [3.8, 4) is 5.75 Å². The number of aryl methyl sites for hydroxylation is 1. The van der Waals surface area contributed by atoms with Crippen molar-refractivity contribution >= 4 is 5.97 Å². The van der Waals surface area contributed by atoms with Gasteiger partial charge in [0.2, 0.25) is 0 Å². The number of carboxylic acids is 1. The number of halogens is 6. The lowest BCUT2D eigenvalue weighted by atomic mass is 10.0. The number of benzene rings is 2. The van der Waals surface area contributed by atoms with Crippen molar-refractivity contribution in [2.45, 2.75) is 64.0 Å². The molecule has 0 radical (unpaired) electrons. The van der Waals surface area contributed by atoms with Crippen LogP contribution >= 0.6 is 0 Å². The van der Waals surface area contributed by atoms with Crippen molar-refractivity contribution in [2.24, 2.45) is 0 Å². The number of unbranched alkanes of at least 4 members (excludes halogenated alkanes) is 1. The third-order valence-electron chi connectivity index (χ3n) is 7.22. The summed E-state index contributed by atoms with van der Waals surface area (Å²) in [5, 5.41) is 7.12. The van der Waals surface area contributed by atoms with Crippen LogP contribution in [0.2, 0.25) is 0 Å². The Balaban J connectivity index is 0.000000821. The van der Waals surface area contributed by atoms with Gasteiger partial charge in [-0.05, 0) is 89.1 Å². The number of nitrogens with zero attached hydrogens (tertiary/aromatic N) is 3. The maximum absolute atomic E-state index is 12.9. The molecule has 0 aromatic heterocycles. The molecule has 1 fully saturated rings. The van der Waals surface area contributed by atoms with E-state index >= 15 is 0 Å². The van der Waals surface area contributed by atoms with Gasteiger partial charge in [0.1, 0.15) is 11.9 Å². The summed E-state index contributed by atoms with van der Waals surface area (Å²) in [6.45, 7) is 11.2. The Morgan fingerprint density at radius 3 is 1.93 bits per heavy atom. The second-order valence-corrected chi connectivity index (χ2v) is 11.2. The first-order chi connectivity index (χ1) is 20.1. The van der Waals surface area contributed by atoms with E-state index in [0.29, 0.717) is 11.8 Å². The first kappa shape index (κ1) is 36.4. The second-order valence-electron chi connectivity index (χ2n) is 11.2. The molecule has 0 saturated carbocycles. The van der Waals surface area contributed by atoms with E-state index < -0.39 is 23.9 Å². The van der Waals surface area contributed by atoms with Crippen LogP contribution in [0.25, 0.3) is 0 Å². The van der Waals surface area contributed by atoms with Gasteiger partial charge >= 0.3 is 18.3 Å². The number of carboxylic acid groups (broad SMARTS) is 1. The fourth-order valence-electron chi connectivity index (χ4n) is 4.62. The monoisotopic (exact) mass is 619 g/mol. The molecule has 1 saturated heterocycles. The van der Waals surface area contributed by atoms with E-state index in [-0.39, 0.29) is 6.10 Å². The van der Waals surface area contributed by atoms with Crippen LogP contribution in [0.3, 0.4) is 0 Å². The number of ether oxygens (including phenoxy) is 1. The van der Waals surface area contributed by atoms with Gasteiger partial charge < -0.3 is 19.6 Å². The van der Waals surface area contributed by atoms with E-state index in [2.05, 4.69) is 52.8 Å². The average Bonchev–Trinajstić information content (AvgIpc) is 2.93. The fraction of sp³-hybridized carbons (Fsp3) is 0.581. The smallest absolute Gasteiger partial charge is 0.486 e. The topological polar surface area (TPSA) is 56.2 Å². The predicted molar refractivity (Wildman–Crippen MR) is 154 cm³/mol. The zero-order chi connectivity index (χ0) is 32.2. The molecule has 12 heteroatoms. The molecule has 0 amide bonds. The van der Waals surface area contributed by atoms with Gasteiger partial charge in [-0.3, -0.25) is 4.90 Å². The minimum atomic E-state index is -5.08. The maximum atomic E-state index is 12.9. The van der Waals surface area contributed by atoms with E-state index in [1.807, 2.05) is 14.1 Å². The average molecular weight is 620 g/mol. The molecular weight excluding hydrogens is 576 g/mol. The van der Waals surface area contributed by atoms with Crippen molar-refractivity contribution in [3.05, 3.63) is 65.2 Å². The van der Waals surface area contributed by atoms with Gasteiger partial charge in [-0.25, -0.2) is 4.79 Å². The Morgan fingerprint density at radius 2 is 1.47 bits per heavy atom. The molecule has 242 valence electrons. The lowest BCUT2D eigenvalue weighted by molar-refractivity contribution is -0.192. The minimum Gasteiger partial charge on any atom is -0.486 e. The maximum Gasteiger partial charge on any atom is 0.490 e. The summed E-state index contributed by atoms with van der Waals surface area (Å²) in [5.74, 6) is -2.31. The molecular formula is C31H43F6N3O3. The van der Waals surface area contributed by atoms with Crippen molar-refractivity contribution in [1.29, 1.82) is 0 Å². The number of hydrogen-bond donors (Lipinski definition) is 1. The van der Waals surface area contributed by atoms with Gasteiger partial charge in [-0.1, -0.05) is 24.3 Å². The van der Waals surface area contributed by atoms with Crippen LogP contribution in [0.4, 0.5) is 26.3 Å². The van der Waals surface area contributed by atoms with E-state index in [9.17, 15) is 26.3 Å². The molecule has 1 unspecified atom stereocenters. The van der Waals surface area contributed by atoms with E-state index in [4.69, 9.17) is 14.6 Å². The molecule has 1 aliphatic heterocycles. The highest BCUT2D eigenvalue weighted by molar-refractivity contribution is 5.73. The quantitative estimate of drug-likeness (QED) is 0.209. The van der Waals surface area contributed by atoms with E-state index in [1.165, 1.54) is 50.3 Å². The Labute approximate surface area is 250 Å². The predicted octanol–water partition coefficient (Wildman–Crippen LogP) is 6.76. The molecule has 1 atom stereocenters. The highest BCUT2D eigenvalue weighted by Gasteiger charge is 2.38. The molecule has 2 aromatic carbocycles. The molecule has 0 aliphatic carbocycles. The summed E-state index contributed by atoms with van der Waals surface area (Å²) in [5.41, 5.74) is 1.69. The minimum absolute atomic E-state index is 0.220. The molecule has 1 N–H and O–H groups in total. The van der Waals surface area contributed by atoms with Crippen LogP contribution in [-0.2, 0) is 17.4 Å². The largest absolute Gasteiger partial charge is 0.490 e. The lowest BCUT2D eigenvalue weighted by Gasteiger charge is -2.36. The molecule has 1 aliphatic rings. The van der Waals surface area contributed by atoms with Crippen LogP contribution in [0.1, 0.15) is 55.9 Å². The first-order valence-electron chi connectivity index (χ1n) is 14.4. The number of piperazine rings is 1. The summed E-state index contributed by atoms with van der Waals surface area (Å²) in [6.07, 6.45) is -5.49. The summed E-state index contributed by atoms with van der Waals surface area (Å²) in [6, 6.07) is 14.1. The summed E-state index contributed by atoms with van der Waals surface area (Å²) in [4.78, 5) is 16.1. The molecule has 43 heavy (non-hydrogen) atoms. The van der Waals surface area contributed by atoms with E-state index in [1.54, 1.807) is 0 Å². The van der Waals surface area contributed by atoms with Gasteiger partial charge in [-0.15, -0.1) is 0 Å². The summed E-state index contributed by atoms with van der Waals surface area (Å²) in [7, 11) is 4.00. The third-order valence-corrected chi connectivity index (χ3v) is 7.22. The Hall–Kier alpha value is -2.83. The van der Waals surface area contributed by atoms with Crippen LogP contribution in [0.5, 0.6) is 5.75 Å². The van der Waals surface area contributed by atoms with Gasteiger partial charge in [0.05, 0.1) is 5.56 Å². The van der Waals surface area contributed by atoms with Gasteiger partial charge in [0.25, 0.3) is 0 Å². The number of alkyl halides is 6. The van der Waals surface area contributed by atoms with Crippen LogP contribution in [-0.4, -0.2) is 91.4 Å². The van der Waals surface area contributed by atoms with Gasteiger partial charge in [-0.2, -0.15) is 26.3 Å². The van der Waals surface area contributed by atoms with Gasteiger partial charge in [0.15, 0.2) is 0 Å². The molecule has 1 heterocycles. The Morgan fingerprint density at radius 1 is 0.907 bits per heavy atom. The highest BCUT2D eigenvalue weighted by Crippen LogP contribution is 2.32.